The lowest BCUT2D eigenvalue weighted by atomic mass is 10.3. The predicted octanol–water partition coefficient (Wildman–Crippen LogP) is 2.23. The quantitative estimate of drug-likeness (QED) is 0.858. The van der Waals surface area contributed by atoms with Gasteiger partial charge in [0.25, 0.3) is 0 Å². The Labute approximate surface area is 97.6 Å². The molecule has 0 aromatic carbocycles. The Hall–Kier alpha value is -1.75. The summed E-state index contributed by atoms with van der Waals surface area (Å²) in [5.74, 6) is 1.31. The molecule has 2 heterocycles. The second kappa shape index (κ2) is 4.40. The summed E-state index contributed by atoms with van der Waals surface area (Å²) in [5, 5.41) is 7.33. The summed E-state index contributed by atoms with van der Waals surface area (Å²) in [5.41, 5.74) is 7.08. The van der Waals surface area contributed by atoms with Gasteiger partial charge in [-0.05, 0) is 13.0 Å². The van der Waals surface area contributed by atoms with Crippen molar-refractivity contribution in [3.63, 3.8) is 0 Å². The zero-order valence-electron chi connectivity index (χ0n) is 8.70. The first-order chi connectivity index (χ1) is 7.65. The van der Waals surface area contributed by atoms with E-state index in [1.165, 1.54) is 6.20 Å². The highest BCUT2D eigenvalue weighted by atomic mass is 35.5. The van der Waals surface area contributed by atoms with Crippen molar-refractivity contribution in [2.75, 3.05) is 11.1 Å². The van der Waals surface area contributed by atoms with Crippen LogP contribution in [-0.2, 0) is 6.54 Å². The molecule has 2 aromatic heterocycles. The average Bonchev–Trinajstić information content (AvgIpc) is 2.63. The molecule has 5 nitrogen and oxygen atoms in total. The Morgan fingerprint density at radius 1 is 1.50 bits per heavy atom. The minimum absolute atomic E-state index is 0.486. The van der Waals surface area contributed by atoms with Crippen LogP contribution in [0.4, 0.5) is 11.5 Å². The number of rotatable bonds is 3. The van der Waals surface area contributed by atoms with E-state index in [0.717, 1.165) is 11.5 Å². The second-order valence-corrected chi connectivity index (χ2v) is 3.82. The van der Waals surface area contributed by atoms with Gasteiger partial charge in [-0.15, -0.1) is 0 Å². The van der Waals surface area contributed by atoms with Gasteiger partial charge in [-0.2, -0.15) is 0 Å². The third-order valence-corrected chi connectivity index (χ3v) is 2.20. The van der Waals surface area contributed by atoms with Crippen LogP contribution in [0.3, 0.4) is 0 Å². The summed E-state index contributed by atoms with van der Waals surface area (Å²) in [6.45, 7) is 2.35. The number of aryl methyl sites for hydroxylation is 1. The van der Waals surface area contributed by atoms with Gasteiger partial charge in [0.15, 0.2) is 5.76 Å². The van der Waals surface area contributed by atoms with E-state index in [1.807, 2.05) is 13.0 Å². The van der Waals surface area contributed by atoms with Crippen LogP contribution in [0.5, 0.6) is 0 Å². The number of aromatic nitrogens is 2. The molecule has 3 N–H and O–H groups in total. The van der Waals surface area contributed by atoms with Crippen LogP contribution in [0, 0.1) is 6.92 Å². The third kappa shape index (κ3) is 2.43. The van der Waals surface area contributed by atoms with Gasteiger partial charge in [0, 0.05) is 12.3 Å². The molecular formula is C10H11ClN4O. The van der Waals surface area contributed by atoms with Gasteiger partial charge in [0.05, 0.1) is 22.9 Å². The molecule has 6 heteroatoms. The smallest absolute Gasteiger partial charge is 0.156 e. The summed E-state index contributed by atoms with van der Waals surface area (Å²) < 4.78 is 5.04. The lowest BCUT2D eigenvalue weighted by molar-refractivity contribution is 0.384. The Bertz CT molecular complexity index is 497. The number of nitrogens with zero attached hydrogens (tertiary/aromatic N) is 2. The van der Waals surface area contributed by atoms with Crippen molar-refractivity contribution in [3.05, 3.63) is 34.8 Å². The summed E-state index contributed by atoms with van der Waals surface area (Å²) in [7, 11) is 0. The maximum absolute atomic E-state index is 5.74. The van der Waals surface area contributed by atoms with Crippen molar-refractivity contribution < 1.29 is 4.52 Å². The number of anilines is 2. The molecule has 16 heavy (non-hydrogen) atoms. The normalized spacial score (nSPS) is 10.4. The number of pyridine rings is 1. The van der Waals surface area contributed by atoms with Crippen LogP contribution in [0.25, 0.3) is 0 Å². The van der Waals surface area contributed by atoms with Crippen LogP contribution in [-0.4, -0.2) is 10.1 Å². The maximum atomic E-state index is 5.74. The van der Waals surface area contributed by atoms with Crippen molar-refractivity contribution in [3.8, 4) is 0 Å². The number of hydrogen-bond donors (Lipinski definition) is 2. The molecule has 0 aliphatic carbocycles. The number of nitrogens with one attached hydrogen (secondary N) is 1. The molecule has 0 spiro atoms. The predicted molar refractivity (Wildman–Crippen MR) is 62.2 cm³/mol. The second-order valence-electron chi connectivity index (χ2n) is 3.38. The molecule has 0 unspecified atom stereocenters. The van der Waals surface area contributed by atoms with E-state index in [4.69, 9.17) is 21.9 Å². The van der Waals surface area contributed by atoms with E-state index >= 15 is 0 Å². The fourth-order valence-corrected chi connectivity index (χ4v) is 1.44. The van der Waals surface area contributed by atoms with E-state index in [0.29, 0.717) is 23.1 Å². The van der Waals surface area contributed by atoms with Crippen LogP contribution in [0.2, 0.25) is 5.02 Å². The number of halogens is 1. The van der Waals surface area contributed by atoms with Crippen LogP contribution < -0.4 is 11.1 Å². The van der Waals surface area contributed by atoms with Crippen LogP contribution in [0.15, 0.2) is 22.9 Å². The van der Waals surface area contributed by atoms with Gasteiger partial charge in [-0.25, -0.2) is 4.98 Å². The fraction of sp³-hybridized carbons (Fsp3) is 0.200. The molecule has 2 rings (SSSR count). The summed E-state index contributed by atoms with van der Waals surface area (Å²) in [6, 6.07) is 3.49. The molecule has 0 bridgehead atoms. The Kier molecular flexibility index (Phi) is 2.96. The first kappa shape index (κ1) is 10.8. The van der Waals surface area contributed by atoms with E-state index < -0.39 is 0 Å². The van der Waals surface area contributed by atoms with Gasteiger partial charge in [0.1, 0.15) is 5.82 Å². The largest absolute Gasteiger partial charge is 0.396 e. The van der Waals surface area contributed by atoms with Crippen LogP contribution >= 0.6 is 11.6 Å². The first-order valence-electron chi connectivity index (χ1n) is 4.72. The molecule has 0 atom stereocenters. The van der Waals surface area contributed by atoms with E-state index in [9.17, 15) is 0 Å². The van der Waals surface area contributed by atoms with E-state index in [1.54, 1.807) is 6.07 Å². The van der Waals surface area contributed by atoms with E-state index in [-0.39, 0.29) is 0 Å². The molecule has 0 saturated heterocycles. The zero-order valence-corrected chi connectivity index (χ0v) is 9.45. The van der Waals surface area contributed by atoms with Crippen molar-refractivity contribution in [1.82, 2.24) is 10.1 Å². The molecule has 0 aliphatic rings. The van der Waals surface area contributed by atoms with Gasteiger partial charge >= 0.3 is 0 Å². The molecule has 0 amide bonds. The molecule has 2 aromatic rings. The Morgan fingerprint density at radius 3 is 2.94 bits per heavy atom. The summed E-state index contributed by atoms with van der Waals surface area (Å²) in [4.78, 5) is 4.07. The van der Waals surface area contributed by atoms with E-state index in [2.05, 4.69) is 15.5 Å². The third-order valence-electron chi connectivity index (χ3n) is 1.99. The first-order valence-corrected chi connectivity index (χ1v) is 5.10. The Balaban J connectivity index is 2.04. The fourth-order valence-electron chi connectivity index (χ4n) is 1.27. The highest BCUT2D eigenvalue weighted by Gasteiger charge is 2.04. The number of nitrogen functional groups attached to an aromatic ring is 1. The van der Waals surface area contributed by atoms with Gasteiger partial charge in [0.2, 0.25) is 0 Å². The molecule has 0 saturated carbocycles. The van der Waals surface area contributed by atoms with Crippen molar-refractivity contribution in [2.45, 2.75) is 13.5 Å². The Morgan fingerprint density at radius 2 is 2.31 bits per heavy atom. The minimum Gasteiger partial charge on any atom is -0.396 e. The standard InChI is InChI=1S/C10H11ClN4O/c1-6-2-8(16-15-6)5-14-10-9(12)3-7(11)4-13-10/h2-4H,5,12H2,1H3,(H,13,14). The summed E-state index contributed by atoms with van der Waals surface area (Å²) in [6.07, 6.45) is 1.53. The molecular weight excluding hydrogens is 228 g/mol. The topological polar surface area (TPSA) is 77.0 Å². The minimum atomic E-state index is 0.486. The molecule has 0 aliphatic heterocycles. The molecule has 84 valence electrons. The van der Waals surface area contributed by atoms with Gasteiger partial charge in [-0.1, -0.05) is 16.8 Å². The van der Waals surface area contributed by atoms with Crippen molar-refractivity contribution in [1.29, 1.82) is 0 Å². The lowest BCUT2D eigenvalue weighted by Crippen LogP contribution is -2.03. The average molecular weight is 239 g/mol. The zero-order chi connectivity index (χ0) is 11.5. The molecule has 0 radical (unpaired) electrons. The maximum Gasteiger partial charge on any atom is 0.156 e. The monoisotopic (exact) mass is 238 g/mol. The van der Waals surface area contributed by atoms with Crippen LogP contribution in [0.1, 0.15) is 11.5 Å². The highest BCUT2D eigenvalue weighted by molar-refractivity contribution is 6.30. The van der Waals surface area contributed by atoms with Crippen molar-refractivity contribution in [2.24, 2.45) is 0 Å². The number of hydrogen-bond acceptors (Lipinski definition) is 5. The lowest BCUT2D eigenvalue weighted by Gasteiger charge is -2.05. The number of nitrogens with two attached hydrogens (primary N) is 1. The van der Waals surface area contributed by atoms with Crippen molar-refractivity contribution >= 4 is 23.1 Å². The highest BCUT2D eigenvalue weighted by Crippen LogP contribution is 2.19. The van der Waals surface area contributed by atoms with Gasteiger partial charge < -0.3 is 15.6 Å². The SMILES string of the molecule is Cc1cc(CNc2ncc(Cl)cc2N)on1. The summed E-state index contributed by atoms with van der Waals surface area (Å²) >= 11 is 5.74. The van der Waals surface area contributed by atoms with Gasteiger partial charge in [-0.3, -0.25) is 0 Å². The molecule has 0 fully saturated rings.